The van der Waals surface area contributed by atoms with E-state index >= 15 is 0 Å². The topological polar surface area (TPSA) is 21.3 Å². The predicted octanol–water partition coefficient (Wildman–Crippen LogP) is 2.97. The Morgan fingerprint density at radius 2 is 2.20 bits per heavy atom. The summed E-state index contributed by atoms with van der Waals surface area (Å²) in [6.45, 7) is 4.73. The number of hydrogen-bond acceptors (Lipinski definition) is 2. The molecule has 1 rings (SSSR count). The van der Waals surface area contributed by atoms with E-state index in [2.05, 4.69) is 12.2 Å². The zero-order chi connectivity index (χ0) is 11.3. The van der Waals surface area contributed by atoms with Crippen LogP contribution in [0.2, 0.25) is 0 Å². The summed E-state index contributed by atoms with van der Waals surface area (Å²) >= 11 is 0. The lowest BCUT2D eigenvalue weighted by atomic mass is 10.1. The van der Waals surface area contributed by atoms with Crippen molar-refractivity contribution in [2.24, 2.45) is 0 Å². The molecule has 0 bridgehead atoms. The highest BCUT2D eigenvalue weighted by atomic mass is 19.1. The Bertz CT molecular complexity index is 314. The van der Waals surface area contributed by atoms with Gasteiger partial charge >= 0.3 is 0 Å². The van der Waals surface area contributed by atoms with Crippen molar-refractivity contribution < 1.29 is 9.13 Å². The highest BCUT2D eigenvalue weighted by Crippen LogP contribution is 2.17. The molecule has 2 nitrogen and oxygen atoms in total. The molecule has 3 heteroatoms. The van der Waals surface area contributed by atoms with E-state index in [-0.39, 0.29) is 11.9 Å². The maximum absolute atomic E-state index is 13.0. The zero-order valence-electron chi connectivity index (χ0n) is 9.51. The van der Waals surface area contributed by atoms with Crippen LogP contribution in [-0.2, 0) is 4.74 Å². The van der Waals surface area contributed by atoms with Gasteiger partial charge < -0.3 is 10.1 Å². The van der Waals surface area contributed by atoms with Crippen LogP contribution in [0.1, 0.15) is 18.9 Å². The third-order valence-corrected chi connectivity index (χ3v) is 2.36. The van der Waals surface area contributed by atoms with E-state index in [1.165, 1.54) is 12.1 Å². The fourth-order valence-electron chi connectivity index (χ4n) is 1.38. The number of ether oxygens (including phenoxy) is 1. The fraction of sp³-hybridized carbons (Fsp3) is 0.500. The number of benzene rings is 1. The molecule has 1 aromatic rings. The molecule has 0 aliphatic carbocycles. The number of anilines is 1. The SMILES string of the molecule is COCCC(C)Nc1cc(F)ccc1C. The van der Waals surface area contributed by atoms with E-state index in [1.54, 1.807) is 13.2 Å². The largest absolute Gasteiger partial charge is 0.385 e. The lowest BCUT2D eigenvalue weighted by Gasteiger charge is -2.16. The van der Waals surface area contributed by atoms with E-state index in [4.69, 9.17) is 4.74 Å². The molecule has 84 valence electrons. The first kappa shape index (κ1) is 12.0. The quantitative estimate of drug-likeness (QED) is 0.808. The molecule has 0 aromatic heterocycles. The molecule has 0 amide bonds. The first-order chi connectivity index (χ1) is 7.13. The van der Waals surface area contributed by atoms with Gasteiger partial charge in [-0.2, -0.15) is 0 Å². The minimum absolute atomic E-state index is 0.206. The number of methoxy groups -OCH3 is 1. The maximum Gasteiger partial charge on any atom is 0.125 e. The van der Waals surface area contributed by atoms with E-state index in [0.29, 0.717) is 6.61 Å². The highest BCUT2D eigenvalue weighted by molar-refractivity contribution is 5.51. The highest BCUT2D eigenvalue weighted by Gasteiger charge is 2.04. The number of halogens is 1. The molecule has 1 N–H and O–H groups in total. The van der Waals surface area contributed by atoms with E-state index in [9.17, 15) is 4.39 Å². The van der Waals surface area contributed by atoms with E-state index < -0.39 is 0 Å². The van der Waals surface area contributed by atoms with Gasteiger partial charge in [0.25, 0.3) is 0 Å². The Balaban J connectivity index is 2.59. The summed E-state index contributed by atoms with van der Waals surface area (Å²) in [5.41, 5.74) is 1.92. The smallest absolute Gasteiger partial charge is 0.125 e. The van der Waals surface area contributed by atoms with Crippen molar-refractivity contribution in [2.45, 2.75) is 26.3 Å². The summed E-state index contributed by atoms with van der Waals surface area (Å²) in [5, 5.41) is 3.27. The fourth-order valence-corrected chi connectivity index (χ4v) is 1.38. The van der Waals surface area contributed by atoms with Gasteiger partial charge in [0, 0.05) is 25.4 Å². The van der Waals surface area contributed by atoms with Crippen LogP contribution in [0.4, 0.5) is 10.1 Å². The molecule has 0 aliphatic rings. The Morgan fingerprint density at radius 3 is 2.87 bits per heavy atom. The zero-order valence-corrected chi connectivity index (χ0v) is 9.51. The molecular formula is C12H18FNO. The van der Waals surface area contributed by atoms with Gasteiger partial charge in [0.2, 0.25) is 0 Å². The maximum atomic E-state index is 13.0. The van der Waals surface area contributed by atoms with E-state index in [1.807, 2.05) is 6.92 Å². The Morgan fingerprint density at radius 1 is 1.47 bits per heavy atom. The summed E-state index contributed by atoms with van der Waals surface area (Å²) in [7, 11) is 1.68. The number of aryl methyl sites for hydroxylation is 1. The van der Waals surface area contributed by atoms with Gasteiger partial charge in [-0.1, -0.05) is 6.07 Å². The molecule has 0 saturated carbocycles. The van der Waals surface area contributed by atoms with Crippen LogP contribution in [0.25, 0.3) is 0 Å². The van der Waals surface area contributed by atoms with Gasteiger partial charge in [0.05, 0.1) is 0 Å². The predicted molar refractivity (Wildman–Crippen MR) is 60.7 cm³/mol. The summed E-state index contributed by atoms with van der Waals surface area (Å²) in [4.78, 5) is 0. The molecule has 0 aliphatic heterocycles. The summed E-state index contributed by atoms with van der Waals surface area (Å²) in [6, 6.07) is 5.06. The number of rotatable bonds is 5. The average Bonchev–Trinajstić information content (AvgIpc) is 2.20. The van der Waals surface area contributed by atoms with Crippen molar-refractivity contribution in [3.8, 4) is 0 Å². The molecule has 1 unspecified atom stereocenters. The van der Waals surface area contributed by atoms with Gasteiger partial charge in [-0.05, 0) is 38.0 Å². The molecule has 1 aromatic carbocycles. The monoisotopic (exact) mass is 211 g/mol. The molecule has 15 heavy (non-hydrogen) atoms. The second-order valence-corrected chi connectivity index (χ2v) is 3.79. The molecule has 0 fully saturated rings. The molecular weight excluding hydrogens is 193 g/mol. The van der Waals surface area contributed by atoms with Crippen molar-refractivity contribution in [1.82, 2.24) is 0 Å². The Hall–Kier alpha value is -1.09. The van der Waals surface area contributed by atoms with Crippen LogP contribution >= 0.6 is 0 Å². The van der Waals surface area contributed by atoms with Crippen LogP contribution in [0.15, 0.2) is 18.2 Å². The van der Waals surface area contributed by atoms with Crippen molar-refractivity contribution >= 4 is 5.69 Å². The van der Waals surface area contributed by atoms with Crippen molar-refractivity contribution in [3.63, 3.8) is 0 Å². The van der Waals surface area contributed by atoms with Gasteiger partial charge in [0.15, 0.2) is 0 Å². The normalized spacial score (nSPS) is 12.5. The van der Waals surface area contributed by atoms with Crippen LogP contribution in [0.3, 0.4) is 0 Å². The third kappa shape index (κ3) is 3.88. The minimum Gasteiger partial charge on any atom is -0.385 e. The van der Waals surface area contributed by atoms with Crippen LogP contribution < -0.4 is 5.32 Å². The summed E-state index contributed by atoms with van der Waals surface area (Å²) in [6.07, 6.45) is 0.909. The van der Waals surface area contributed by atoms with Crippen molar-refractivity contribution in [1.29, 1.82) is 0 Å². The number of hydrogen-bond donors (Lipinski definition) is 1. The second-order valence-electron chi connectivity index (χ2n) is 3.79. The van der Waals surface area contributed by atoms with Crippen LogP contribution in [0, 0.1) is 12.7 Å². The second kappa shape index (κ2) is 5.71. The number of nitrogens with one attached hydrogen (secondary N) is 1. The Kier molecular flexibility index (Phi) is 4.56. The molecule has 0 heterocycles. The van der Waals surface area contributed by atoms with Crippen molar-refractivity contribution in [3.05, 3.63) is 29.6 Å². The first-order valence-corrected chi connectivity index (χ1v) is 5.15. The van der Waals surface area contributed by atoms with Crippen LogP contribution in [-0.4, -0.2) is 19.8 Å². The molecule has 0 spiro atoms. The third-order valence-electron chi connectivity index (χ3n) is 2.36. The lowest BCUT2D eigenvalue weighted by Crippen LogP contribution is -2.17. The van der Waals surface area contributed by atoms with Gasteiger partial charge in [-0.3, -0.25) is 0 Å². The minimum atomic E-state index is -0.206. The lowest BCUT2D eigenvalue weighted by molar-refractivity contribution is 0.191. The molecule has 1 atom stereocenters. The summed E-state index contributed by atoms with van der Waals surface area (Å²) in [5.74, 6) is -0.206. The summed E-state index contributed by atoms with van der Waals surface area (Å²) < 4.78 is 18.0. The first-order valence-electron chi connectivity index (χ1n) is 5.15. The van der Waals surface area contributed by atoms with Gasteiger partial charge in [0.1, 0.15) is 5.82 Å². The average molecular weight is 211 g/mol. The van der Waals surface area contributed by atoms with Gasteiger partial charge in [-0.15, -0.1) is 0 Å². The van der Waals surface area contributed by atoms with Crippen LogP contribution in [0.5, 0.6) is 0 Å². The Labute approximate surface area is 90.4 Å². The van der Waals surface area contributed by atoms with E-state index in [0.717, 1.165) is 17.7 Å². The standard InChI is InChI=1S/C12H18FNO/c1-9-4-5-11(13)8-12(9)14-10(2)6-7-15-3/h4-5,8,10,14H,6-7H2,1-3H3. The van der Waals surface area contributed by atoms with Gasteiger partial charge in [-0.25, -0.2) is 4.39 Å². The van der Waals surface area contributed by atoms with Crippen molar-refractivity contribution in [2.75, 3.05) is 19.0 Å². The molecule has 0 radical (unpaired) electrons. The molecule has 0 saturated heterocycles.